The summed E-state index contributed by atoms with van der Waals surface area (Å²) in [6.07, 6.45) is 1.30. The third-order valence-corrected chi connectivity index (χ3v) is 3.66. The molecule has 0 saturated carbocycles. The van der Waals surface area contributed by atoms with Gasteiger partial charge in [-0.05, 0) is 31.5 Å². The van der Waals surface area contributed by atoms with Crippen LogP contribution in [0.25, 0.3) is 0 Å². The highest BCUT2D eigenvalue weighted by Gasteiger charge is 2.24. The van der Waals surface area contributed by atoms with Crippen molar-refractivity contribution in [3.63, 3.8) is 0 Å². The van der Waals surface area contributed by atoms with Crippen molar-refractivity contribution in [1.29, 1.82) is 0 Å². The summed E-state index contributed by atoms with van der Waals surface area (Å²) in [4.78, 5) is 2.55. The van der Waals surface area contributed by atoms with Crippen molar-refractivity contribution in [3.05, 3.63) is 35.9 Å². The number of hydrogen-bond acceptors (Lipinski definition) is 2. The van der Waals surface area contributed by atoms with Crippen LogP contribution in [-0.2, 0) is 6.54 Å². The Bertz CT molecular complexity index is 319. The van der Waals surface area contributed by atoms with Gasteiger partial charge in [0.15, 0.2) is 0 Å². The third-order valence-electron chi connectivity index (χ3n) is 3.66. The van der Waals surface area contributed by atoms with Gasteiger partial charge in [0.2, 0.25) is 0 Å². The maximum atomic E-state index is 3.43. The molecule has 0 bridgehead atoms. The number of likely N-dealkylation sites (N-methyl/N-ethyl adjacent to an activating group) is 1. The first kappa shape index (κ1) is 17.7. The van der Waals surface area contributed by atoms with Crippen LogP contribution in [0.3, 0.4) is 0 Å². The highest BCUT2D eigenvalue weighted by Crippen LogP contribution is 2.18. The summed E-state index contributed by atoms with van der Waals surface area (Å²) in [5.74, 6) is 0.803. The first-order valence-electron chi connectivity index (χ1n) is 6.23. The fourth-order valence-electron chi connectivity index (χ4n) is 2.50. The molecule has 0 amide bonds. The van der Waals surface area contributed by atoms with E-state index < -0.39 is 0 Å². The van der Waals surface area contributed by atoms with Gasteiger partial charge >= 0.3 is 0 Å². The van der Waals surface area contributed by atoms with Gasteiger partial charge in [-0.1, -0.05) is 37.3 Å². The fourth-order valence-corrected chi connectivity index (χ4v) is 2.50. The minimum atomic E-state index is 0. The van der Waals surface area contributed by atoms with Crippen molar-refractivity contribution in [2.45, 2.75) is 25.9 Å². The molecule has 18 heavy (non-hydrogen) atoms. The lowest BCUT2D eigenvalue weighted by Crippen LogP contribution is -2.48. The van der Waals surface area contributed by atoms with Crippen LogP contribution in [0.15, 0.2) is 30.3 Å². The lowest BCUT2D eigenvalue weighted by atomic mass is 9.93. The average molecular weight is 291 g/mol. The van der Waals surface area contributed by atoms with E-state index in [0.717, 1.165) is 12.5 Å². The van der Waals surface area contributed by atoms with Crippen LogP contribution in [0.2, 0.25) is 0 Å². The molecule has 2 unspecified atom stereocenters. The second-order valence-corrected chi connectivity index (χ2v) is 4.88. The van der Waals surface area contributed by atoms with Gasteiger partial charge in [-0.2, -0.15) is 0 Å². The molecule has 1 aliphatic heterocycles. The number of nitrogens with zero attached hydrogens (tertiary/aromatic N) is 1. The van der Waals surface area contributed by atoms with E-state index in [1.54, 1.807) is 0 Å². The van der Waals surface area contributed by atoms with E-state index in [0.29, 0.717) is 6.04 Å². The van der Waals surface area contributed by atoms with Crippen LogP contribution in [0.1, 0.15) is 18.9 Å². The summed E-state index contributed by atoms with van der Waals surface area (Å²) in [5, 5.41) is 3.43. The third kappa shape index (κ3) is 4.77. The highest BCUT2D eigenvalue weighted by atomic mass is 35.5. The molecule has 1 aromatic carbocycles. The molecule has 0 spiro atoms. The number of hydrogen-bond donors (Lipinski definition) is 1. The molecule has 1 N–H and O–H groups in total. The number of halogens is 2. The lowest BCUT2D eigenvalue weighted by molar-refractivity contribution is 0.147. The second kappa shape index (κ2) is 8.76. The molecular formula is C14H24Cl2N2. The highest BCUT2D eigenvalue weighted by molar-refractivity contribution is 5.85. The zero-order valence-electron chi connectivity index (χ0n) is 11.1. The molecule has 1 aromatic rings. The van der Waals surface area contributed by atoms with Gasteiger partial charge in [0.05, 0.1) is 0 Å². The lowest BCUT2D eigenvalue weighted by Gasteiger charge is -2.37. The molecule has 0 aromatic heterocycles. The van der Waals surface area contributed by atoms with Crippen LogP contribution in [0.4, 0.5) is 0 Å². The van der Waals surface area contributed by atoms with E-state index in [9.17, 15) is 0 Å². The Kier molecular flexibility index (Phi) is 8.62. The Morgan fingerprint density at radius 1 is 1.22 bits per heavy atom. The zero-order chi connectivity index (χ0) is 11.4. The number of likely N-dealkylation sites (tertiary alicyclic amines) is 1. The maximum Gasteiger partial charge on any atom is 0.0234 e. The summed E-state index contributed by atoms with van der Waals surface area (Å²) in [6.45, 7) is 5.84. The van der Waals surface area contributed by atoms with Crippen LogP contribution < -0.4 is 5.32 Å². The second-order valence-electron chi connectivity index (χ2n) is 4.88. The van der Waals surface area contributed by atoms with Crippen molar-refractivity contribution in [2.24, 2.45) is 5.92 Å². The van der Waals surface area contributed by atoms with Crippen molar-refractivity contribution >= 4 is 24.8 Å². The number of piperidine rings is 1. The van der Waals surface area contributed by atoms with E-state index in [1.165, 1.54) is 25.1 Å². The zero-order valence-corrected chi connectivity index (χ0v) is 12.8. The summed E-state index contributed by atoms with van der Waals surface area (Å²) in [7, 11) is 2.08. The smallest absolute Gasteiger partial charge is 0.0234 e. The Morgan fingerprint density at radius 2 is 1.89 bits per heavy atom. The van der Waals surface area contributed by atoms with E-state index >= 15 is 0 Å². The maximum absolute atomic E-state index is 3.43. The Hall–Kier alpha value is -0.280. The van der Waals surface area contributed by atoms with Crippen molar-refractivity contribution in [3.8, 4) is 0 Å². The van der Waals surface area contributed by atoms with Gasteiger partial charge in [-0.3, -0.25) is 4.90 Å². The van der Waals surface area contributed by atoms with E-state index in [1.807, 2.05) is 0 Å². The molecule has 2 rings (SSSR count). The molecule has 0 aliphatic carbocycles. The number of nitrogens with one attached hydrogen (secondary N) is 1. The molecule has 2 atom stereocenters. The molecule has 4 heteroatoms. The SMILES string of the molecule is CNC1CN(Cc2ccccc2)CCC1C.Cl.Cl. The molecule has 2 nitrogen and oxygen atoms in total. The van der Waals surface area contributed by atoms with E-state index in [2.05, 4.69) is 54.5 Å². The minimum Gasteiger partial charge on any atom is -0.315 e. The van der Waals surface area contributed by atoms with Crippen LogP contribution in [0, 0.1) is 5.92 Å². The molecule has 104 valence electrons. The fraction of sp³-hybridized carbons (Fsp3) is 0.571. The summed E-state index contributed by atoms with van der Waals surface area (Å²) >= 11 is 0. The predicted molar refractivity (Wildman–Crippen MR) is 82.8 cm³/mol. The number of rotatable bonds is 3. The summed E-state index contributed by atoms with van der Waals surface area (Å²) < 4.78 is 0. The van der Waals surface area contributed by atoms with Gasteiger partial charge < -0.3 is 5.32 Å². The quantitative estimate of drug-likeness (QED) is 0.921. The van der Waals surface area contributed by atoms with Crippen LogP contribution >= 0.6 is 24.8 Å². The molecule has 0 radical (unpaired) electrons. The Morgan fingerprint density at radius 3 is 2.50 bits per heavy atom. The normalized spacial score (nSPS) is 23.9. The van der Waals surface area contributed by atoms with Gasteiger partial charge in [0.25, 0.3) is 0 Å². The van der Waals surface area contributed by atoms with Crippen molar-refractivity contribution < 1.29 is 0 Å². The molecule has 1 saturated heterocycles. The van der Waals surface area contributed by atoms with Crippen molar-refractivity contribution in [2.75, 3.05) is 20.1 Å². The van der Waals surface area contributed by atoms with E-state index in [4.69, 9.17) is 0 Å². The number of benzene rings is 1. The Balaban J connectivity index is 0.00000144. The summed E-state index contributed by atoms with van der Waals surface area (Å²) in [6, 6.07) is 11.4. The average Bonchev–Trinajstić information content (AvgIpc) is 2.33. The summed E-state index contributed by atoms with van der Waals surface area (Å²) in [5.41, 5.74) is 1.42. The minimum absolute atomic E-state index is 0. The van der Waals surface area contributed by atoms with Gasteiger partial charge in [0, 0.05) is 19.1 Å². The molecule has 1 fully saturated rings. The van der Waals surface area contributed by atoms with Gasteiger partial charge in [-0.25, -0.2) is 0 Å². The van der Waals surface area contributed by atoms with E-state index in [-0.39, 0.29) is 24.8 Å². The first-order valence-corrected chi connectivity index (χ1v) is 6.23. The topological polar surface area (TPSA) is 15.3 Å². The Labute approximate surface area is 123 Å². The largest absolute Gasteiger partial charge is 0.315 e. The monoisotopic (exact) mass is 290 g/mol. The molecule has 1 aliphatic rings. The first-order chi connectivity index (χ1) is 7.79. The van der Waals surface area contributed by atoms with Crippen LogP contribution in [0.5, 0.6) is 0 Å². The standard InChI is InChI=1S/C14H22N2.2ClH/c1-12-8-9-16(11-14(12)15-2)10-13-6-4-3-5-7-13;;/h3-7,12,14-15H,8-11H2,1-2H3;2*1H. The van der Waals surface area contributed by atoms with Crippen LogP contribution in [-0.4, -0.2) is 31.1 Å². The predicted octanol–water partition coefficient (Wildman–Crippen LogP) is 2.96. The molecule has 1 heterocycles. The van der Waals surface area contributed by atoms with Crippen molar-refractivity contribution in [1.82, 2.24) is 10.2 Å². The van der Waals surface area contributed by atoms with Gasteiger partial charge in [-0.15, -0.1) is 24.8 Å². The molecular weight excluding hydrogens is 267 g/mol. The van der Waals surface area contributed by atoms with Gasteiger partial charge in [0.1, 0.15) is 0 Å².